The number of pyridine rings is 1. The van der Waals surface area contributed by atoms with Gasteiger partial charge in [0.15, 0.2) is 11.5 Å². The normalized spacial score (nSPS) is 17.4. The molecule has 0 saturated heterocycles. The highest BCUT2D eigenvalue weighted by molar-refractivity contribution is 5.93. The third-order valence-electron chi connectivity index (χ3n) is 5.51. The number of fused-ring (bicyclic) bond motifs is 2. The van der Waals surface area contributed by atoms with E-state index in [4.69, 9.17) is 24.9 Å². The van der Waals surface area contributed by atoms with E-state index in [1.165, 1.54) is 7.11 Å². The number of carbonyl (C=O) groups excluding carboxylic acids is 1. The number of rotatable bonds is 4. The highest BCUT2D eigenvalue weighted by Crippen LogP contribution is 2.49. The lowest BCUT2D eigenvalue weighted by atomic mass is 9.81. The van der Waals surface area contributed by atoms with Crippen LogP contribution in [0.2, 0.25) is 0 Å². The number of aryl methyl sites for hydroxylation is 1. The largest absolute Gasteiger partial charge is 0.504 e. The molecule has 4 rings (SSSR count). The highest BCUT2D eigenvalue weighted by atomic mass is 16.5. The molecule has 1 atom stereocenters. The zero-order chi connectivity index (χ0) is 20.7. The number of benzene rings is 1. The van der Waals surface area contributed by atoms with Crippen LogP contribution in [0.4, 0.5) is 5.69 Å². The maximum Gasteiger partial charge on any atom is 0.338 e. The molecule has 2 heterocycles. The lowest BCUT2D eigenvalue weighted by Gasteiger charge is -2.30. The molecule has 1 aliphatic carbocycles. The molecule has 152 valence electrons. The minimum Gasteiger partial charge on any atom is -0.504 e. The SMILES string of the molecule is CCOC(=O)C1=C(C)Oc2nc3c(c(N)c2C1c1ccc(O)c(OC)c1)CCC3. The predicted octanol–water partition coefficient (Wildman–Crippen LogP) is 3.23. The first kappa shape index (κ1) is 19.1. The Labute approximate surface area is 169 Å². The Kier molecular flexibility index (Phi) is 4.82. The highest BCUT2D eigenvalue weighted by Gasteiger charge is 2.39. The van der Waals surface area contributed by atoms with Crippen LogP contribution in [0.25, 0.3) is 0 Å². The van der Waals surface area contributed by atoms with Gasteiger partial charge in [-0.25, -0.2) is 9.78 Å². The average Bonchev–Trinajstić information content (AvgIpc) is 3.16. The van der Waals surface area contributed by atoms with Crippen molar-refractivity contribution >= 4 is 11.7 Å². The number of hydrogen-bond acceptors (Lipinski definition) is 7. The summed E-state index contributed by atoms with van der Waals surface area (Å²) >= 11 is 0. The van der Waals surface area contributed by atoms with Gasteiger partial charge < -0.3 is 25.1 Å². The molecule has 0 saturated carbocycles. The Balaban J connectivity index is 1.97. The summed E-state index contributed by atoms with van der Waals surface area (Å²) in [6, 6.07) is 4.99. The molecule has 0 radical (unpaired) electrons. The smallest absolute Gasteiger partial charge is 0.338 e. The van der Waals surface area contributed by atoms with Gasteiger partial charge in [0.1, 0.15) is 5.76 Å². The minimum absolute atomic E-state index is 0.0157. The first-order chi connectivity index (χ1) is 14.0. The Bertz CT molecular complexity index is 1030. The quantitative estimate of drug-likeness (QED) is 0.765. The standard InChI is InChI=1S/C22H24N2O5/c1-4-28-22(26)17-11(2)29-21-19(20(23)13-6-5-7-14(13)24-21)18(17)12-8-9-15(25)16(10-12)27-3/h8-10,18,25H,4-7H2,1-3H3,(H2,23,24). The monoisotopic (exact) mass is 396 g/mol. The molecule has 29 heavy (non-hydrogen) atoms. The van der Waals surface area contributed by atoms with Gasteiger partial charge in [0.05, 0.1) is 30.8 Å². The van der Waals surface area contributed by atoms with Crippen LogP contribution in [0.15, 0.2) is 29.5 Å². The second kappa shape index (κ2) is 7.31. The summed E-state index contributed by atoms with van der Waals surface area (Å²) in [5, 5.41) is 10.0. The first-order valence-electron chi connectivity index (χ1n) is 9.70. The zero-order valence-electron chi connectivity index (χ0n) is 16.7. The van der Waals surface area contributed by atoms with Crippen molar-refractivity contribution in [1.29, 1.82) is 0 Å². The van der Waals surface area contributed by atoms with E-state index < -0.39 is 11.9 Å². The van der Waals surface area contributed by atoms with Crippen LogP contribution in [0.5, 0.6) is 17.4 Å². The molecule has 0 spiro atoms. The van der Waals surface area contributed by atoms with Crippen LogP contribution < -0.4 is 15.2 Å². The number of methoxy groups -OCH3 is 1. The molecule has 2 aromatic rings. The number of phenolic OH excluding ortho intramolecular Hbond substituents is 1. The average molecular weight is 396 g/mol. The van der Waals surface area contributed by atoms with Crippen LogP contribution in [0.1, 0.15) is 48.6 Å². The van der Waals surface area contributed by atoms with Crippen LogP contribution in [-0.2, 0) is 22.4 Å². The molecule has 1 unspecified atom stereocenters. The van der Waals surface area contributed by atoms with Crippen LogP contribution >= 0.6 is 0 Å². The summed E-state index contributed by atoms with van der Waals surface area (Å²) in [6.45, 7) is 3.73. The third-order valence-corrected chi connectivity index (χ3v) is 5.51. The number of ether oxygens (including phenoxy) is 3. The van der Waals surface area contributed by atoms with E-state index in [1.54, 1.807) is 32.0 Å². The van der Waals surface area contributed by atoms with Gasteiger partial charge in [-0.15, -0.1) is 0 Å². The number of esters is 1. The number of phenols is 1. The lowest BCUT2D eigenvalue weighted by Crippen LogP contribution is -2.25. The van der Waals surface area contributed by atoms with Gasteiger partial charge in [-0.1, -0.05) is 6.07 Å². The minimum atomic E-state index is -0.536. The van der Waals surface area contributed by atoms with Gasteiger partial charge in [0, 0.05) is 11.4 Å². The second-order valence-corrected chi connectivity index (χ2v) is 7.18. The number of nitrogens with zero attached hydrogens (tertiary/aromatic N) is 1. The maximum atomic E-state index is 12.9. The predicted molar refractivity (Wildman–Crippen MR) is 107 cm³/mol. The van der Waals surface area contributed by atoms with Crippen molar-refractivity contribution < 1.29 is 24.1 Å². The molecule has 1 aromatic heterocycles. The molecule has 7 heteroatoms. The second-order valence-electron chi connectivity index (χ2n) is 7.18. The molecule has 2 aliphatic rings. The Hall–Kier alpha value is -3.22. The number of nitrogens with two attached hydrogens (primary N) is 1. The Morgan fingerprint density at radius 3 is 2.90 bits per heavy atom. The summed E-state index contributed by atoms with van der Waals surface area (Å²) in [7, 11) is 1.48. The lowest BCUT2D eigenvalue weighted by molar-refractivity contribution is -0.139. The van der Waals surface area contributed by atoms with Gasteiger partial charge in [0.2, 0.25) is 5.88 Å². The molecule has 7 nitrogen and oxygen atoms in total. The third kappa shape index (κ3) is 3.06. The molecule has 1 aromatic carbocycles. The van der Waals surface area contributed by atoms with Gasteiger partial charge in [-0.3, -0.25) is 0 Å². The van der Waals surface area contributed by atoms with E-state index in [1.807, 2.05) is 0 Å². The van der Waals surface area contributed by atoms with E-state index in [-0.39, 0.29) is 12.4 Å². The molecular formula is C22H24N2O5. The van der Waals surface area contributed by atoms with Crippen molar-refractivity contribution in [3.8, 4) is 17.4 Å². The van der Waals surface area contributed by atoms with E-state index >= 15 is 0 Å². The van der Waals surface area contributed by atoms with Crippen molar-refractivity contribution in [2.24, 2.45) is 0 Å². The number of anilines is 1. The topological polar surface area (TPSA) is 104 Å². The summed E-state index contributed by atoms with van der Waals surface area (Å²) in [5.74, 6) is 0.174. The fraction of sp³-hybridized carbons (Fsp3) is 0.364. The molecule has 3 N–H and O–H groups in total. The van der Waals surface area contributed by atoms with Gasteiger partial charge >= 0.3 is 5.97 Å². The Morgan fingerprint density at radius 1 is 1.38 bits per heavy atom. The molecule has 0 bridgehead atoms. The number of nitrogen functional groups attached to an aromatic ring is 1. The van der Waals surface area contributed by atoms with Crippen LogP contribution in [-0.4, -0.2) is 29.8 Å². The van der Waals surface area contributed by atoms with Crippen molar-refractivity contribution in [2.45, 2.75) is 39.0 Å². The number of carbonyl (C=O) groups is 1. The first-order valence-corrected chi connectivity index (χ1v) is 9.70. The van der Waals surface area contributed by atoms with Crippen molar-refractivity contribution in [3.05, 3.63) is 51.9 Å². The van der Waals surface area contributed by atoms with Crippen molar-refractivity contribution in [2.75, 3.05) is 19.5 Å². The molecular weight excluding hydrogens is 372 g/mol. The molecule has 0 fully saturated rings. The molecule has 0 amide bonds. The van der Waals surface area contributed by atoms with Crippen molar-refractivity contribution in [3.63, 3.8) is 0 Å². The fourth-order valence-corrected chi connectivity index (χ4v) is 4.18. The zero-order valence-corrected chi connectivity index (χ0v) is 16.7. The van der Waals surface area contributed by atoms with Gasteiger partial charge in [-0.05, 0) is 56.4 Å². The molecule has 1 aliphatic heterocycles. The summed E-state index contributed by atoms with van der Waals surface area (Å²) in [4.78, 5) is 17.6. The Morgan fingerprint density at radius 2 is 2.17 bits per heavy atom. The van der Waals surface area contributed by atoms with E-state index in [0.717, 1.165) is 36.1 Å². The van der Waals surface area contributed by atoms with Crippen LogP contribution in [0, 0.1) is 0 Å². The number of allylic oxidation sites excluding steroid dienone is 1. The van der Waals surface area contributed by atoms with E-state index in [2.05, 4.69) is 0 Å². The van der Waals surface area contributed by atoms with Gasteiger partial charge in [0.25, 0.3) is 0 Å². The maximum absolute atomic E-state index is 12.9. The number of aromatic nitrogens is 1. The van der Waals surface area contributed by atoms with Crippen molar-refractivity contribution in [1.82, 2.24) is 4.98 Å². The fourth-order valence-electron chi connectivity index (χ4n) is 4.18. The van der Waals surface area contributed by atoms with Gasteiger partial charge in [-0.2, -0.15) is 0 Å². The summed E-state index contributed by atoms with van der Waals surface area (Å²) < 4.78 is 16.5. The van der Waals surface area contributed by atoms with E-state index in [9.17, 15) is 9.90 Å². The summed E-state index contributed by atoms with van der Waals surface area (Å²) in [5.41, 5.74) is 10.9. The number of hydrogen-bond donors (Lipinski definition) is 2. The van der Waals surface area contributed by atoms with Crippen LogP contribution in [0.3, 0.4) is 0 Å². The number of aromatic hydroxyl groups is 1. The van der Waals surface area contributed by atoms with E-state index in [0.29, 0.717) is 34.2 Å². The summed E-state index contributed by atoms with van der Waals surface area (Å²) in [6.07, 6.45) is 2.70.